The van der Waals surface area contributed by atoms with E-state index in [-0.39, 0.29) is 18.9 Å². The molecule has 0 saturated heterocycles. The Morgan fingerprint density at radius 3 is 2.44 bits per heavy atom. The predicted molar refractivity (Wildman–Crippen MR) is 69.0 cm³/mol. The molecule has 1 aliphatic rings. The van der Waals surface area contributed by atoms with E-state index in [1.54, 1.807) is 0 Å². The Morgan fingerprint density at radius 2 is 2.00 bits per heavy atom. The molecule has 5 heteroatoms. The van der Waals surface area contributed by atoms with E-state index in [9.17, 15) is 9.59 Å². The number of amides is 1. The Kier molecular flexibility index (Phi) is 5.34. The van der Waals surface area contributed by atoms with Gasteiger partial charge in [0.25, 0.3) is 0 Å². The summed E-state index contributed by atoms with van der Waals surface area (Å²) in [6.45, 7) is 3.78. The summed E-state index contributed by atoms with van der Waals surface area (Å²) in [6.07, 6.45) is 6.28. The maximum absolute atomic E-state index is 12.3. The fraction of sp³-hybridized carbons (Fsp3) is 0.692. The first-order chi connectivity index (χ1) is 8.55. The minimum Gasteiger partial charge on any atom is -0.480 e. The number of carboxylic acid groups (broad SMARTS) is 1. The lowest BCUT2D eigenvalue weighted by atomic mass is 9.73. The van der Waals surface area contributed by atoms with Crippen LogP contribution in [-0.2, 0) is 9.59 Å². The molecule has 0 aromatic heterocycles. The summed E-state index contributed by atoms with van der Waals surface area (Å²) in [4.78, 5) is 23.3. The van der Waals surface area contributed by atoms with E-state index in [4.69, 9.17) is 10.8 Å². The summed E-state index contributed by atoms with van der Waals surface area (Å²) in [5.41, 5.74) is 5.16. The van der Waals surface area contributed by atoms with Gasteiger partial charge in [0.2, 0.25) is 5.91 Å². The molecule has 1 saturated carbocycles. The maximum Gasteiger partial charge on any atom is 0.326 e. The molecule has 1 aliphatic carbocycles. The third kappa shape index (κ3) is 3.32. The van der Waals surface area contributed by atoms with Crippen LogP contribution in [0.2, 0.25) is 0 Å². The van der Waals surface area contributed by atoms with Gasteiger partial charge >= 0.3 is 5.97 Å². The quantitative estimate of drug-likeness (QED) is 0.617. The topological polar surface area (TPSA) is 92.4 Å². The Hall–Kier alpha value is -1.36. The highest BCUT2D eigenvalue weighted by Crippen LogP contribution is 2.35. The highest BCUT2D eigenvalue weighted by Gasteiger charge is 2.39. The molecule has 18 heavy (non-hydrogen) atoms. The van der Waals surface area contributed by atoms with Gasteiger partial charge in [0.05, 0.1) is 5.41 Å². The second-order valence-corrected chi connectivity index (χ2v) is 4.93. The Labute approximate surface area is 107 Å². The molecule has 1 atom stereocenters. The van der Waals surface area contributed by atoms with Gasteiger partial charge in [0.1, 0.15) is 6.04 Å². The van der Waals surface area contributed by atoms with Crippen molar-refractivity contribution in [3.63, 3.8) is 0 Å². The number of carbonyl (C=O) groups is 2. The van der Waals surface area contributed by atoms with Crippen LogP contribution < -0.4 is 11.1 Å². The van der Waals surface area contributed by atoms with Crippen LogP contribution in [0.25, 0.3) is 0 Å². The summed E-state index contributed by atoms with van der Waals surface area (Å²) in [7, 11) is 0. The minimum absolute atomic E-state index is 0.223. The number of carbonyl (C=O) groups excluding carboxylic acids is 1. The van der Waals surface area contributed by atoms with Crippen molar-refractivity contribution in [1.82, 2.24) is 5.32 Å². The molecule has 1 amide bonds. The number of carboxylic acids is 1. The summed E-state index contributed by atoms with van der Waals surface area (Å²) >= 11 is 0. The number of aliphatic carboxylic acids is 1. The molecule has 5 nitrogen and oxygen atoms in total. The van der Waals surface area contributed by atoms with E-state index in [0.717, 1.165) is 32.1 Å². The molecule has 4 N–H and O–H groups in total. The summed E-state index contributed by atoms with van der Waals surface area (Å²) in [5.74, 6) is -1.26. The van der Waals surface area contributed by atoms with E-state index >= 15 is 0 Å². The van der Waals surface area contributed by atoms with Gasteiger partial charge < -0.3 is 16.2 Å². The smallest absolute Gasteiger partial charge is 0.326 e. The third-order valence-electron chi connectivity index (χ3n) is 3.69. The standard InChI is InChI=1S/C13H22N2O3/c1-2-6-10(11(16)17)15-12(18)13(9-14)7-4-3-5-8-13/h2,10H,1,3-9,14H2,(H,15,18)(H,16,17). The lowest BCUT2D eigenvalue weighted by molar-refractivity contribution is -0.144. The molecule has 1 rings (SSSR count). The summed E-state index contributed by atoms with van der Waals surface area (Å²) in [5, 5.41) is 11.6. The normalized spacial score (nSPS) is 19.8. The second kappa shape index (κ2) is 6.54. The van der Waals surface area contributed by atoms with Crippen LogP contribution in [-0.4, -0.2) is 29.6 Å². The Bertz CT molecular complexity index is 322. The fourth-order valence-electron chi connectivity index (χ4n) is 2.45. The van der Waals surface area contributed by atoms with Gasteiger partial charge in [-0.3, -0.25) is 4.79 Å². The molecule has 0 heterocycles. The van der Waals surface area contributed by atoms with Crippen molar-refractivity contribution in [1.29, 1.82) is 0 Å². The predicted octanol–water partition coefficient (Wildman–Crippen LogP) is 1.04. The van der Waals surface area contributed by atoms with Crippen LogP contribution in [0.5, 0.6) is 0 Å². The molecule has 0 spiro atoms. The zero-order valence-corrected chi connectivity index (χ0v) is 10.7. The first kappa shape index (κ1) is 14.7. The number of nitrogens with one attached hydrogen (secondary N) is 1. The van der Waals surface area contributed by atoms with Gasteiger partial charge in [-0.25, -0.2) is 4.79 Å². The average Bonchev–Trinajstić information content (AvgIpc) is 2.38. The molecule has 0 bridgehead atoms. The van der Waals surface area contributed by atoms with Crippen LogP contribution in [0.15, 0.2) is 12.7 Å². The highest BCUT2D eigenvalue weighted by molar-refractivity contribution is 5.87. The van der Waals surface area contributed by atoms with Crippen molar-refractivity contribution in [3.8, 4) is 0 Å². The van der Waals surface area contributed by atoms with E-state index in [0.29, 0.717) is 0 Å². The third-order valence-corrected chi connectivity index (χ3v) is 3.69. The van der Waals surface area contributed by atoms with Crippen LogP contribution in [0.3, 0.4) is 0 Å². The summed E-state index contributed by atoms with van der Waals surface area (Å²) < 4.78 is 0. The van der Waals surface area contributed by atoms with E-state index < -0.39 is 17.4 Å². The van der Waals surface area contributed by atoms with E-state index in [2.05, 4.69) is 11.9 Å². The van der Waals surface area contributed by atoms with E-state index in [1.165, 1.54) is 6.08 Å². The minimum atomic E-state index is -1.04. The largest absolute Gasteiger partial charge is 0.480 e. The molecule has 0 aromatic rings. The Balaban J connectivity index is 2.71. The van der Waals surface area contributed by atoms with Crippen molar-refractivity contribution in [2.45, 2.75) is 44.6 Å². The van der Waals surface area contributed by atoms with Gasteiger partial charge in [0, 0.05) is 6.54 Å². The molecule has 0 aromatic carbocycles. The van der Waals surface area contributed by atoms with Crippen molar-refractivity contribution >= 4 is 11.9 Å². The van der Waals surface area contributed by atoms with Gasteiger partial charge in [-0.05, 0) is 19.3 Å². The fourth-order valence-corrected chi connectivity index (χ4v) is 2.45. The molecule has 102 valence electrons. The first-order valence-electron chi connectivity index (χ1n) is 6.40. The average molecular weight is 254 g/mol. The zero-order chi connectivity index (χ0) is 13.6. The number of rotatable bonds is 6. The van der Waals surface area contributed by atoms with Gasteiger partial charge in [-0.1, -0.05) is 25.3 Å². The van der Waals surface area contributed by atoms with Crippen molar-refractivity contribution < 1.29 is 14.7 Å². The molecule has 1 unspecified atom stereocenters. The van der Waals surface area contributed by atoms with Crippen molar-refractivity contribution in [3.05, 3.63) is 12.7 Å². The summed E-state index contributed by atoms with van der Waals surface area (Å²) in [6, 6.07) is -0.902. The van der Waals surface area contributed by atoms with E-state index in [1.807, 2.05) is 0 Å². The monoisotopic (exact) mass is 254 g/mol. The lowest BCUT2D eigenvalue weighted by Gasteiger charge is -2.35. The first-order valence-corrected chi connectivity index (χ1v) is 6.40. The SMILES string of the molecule is C=CCC(NC(=O)C1(CN)CCCCC1)C(=O)O. The molecule has 0 radical (unpaired) electrons. The van der Waals surface area contributed by atoms with Crippen LogP contribution in [0.4, 0.5) is 0 Å². The second-order valence-electron chi connectivity index (χ2n) is 4.93. The molecular weight excluding hydrogens is 232 g/mol. The number of nitrogens with two attached hydrogens (primary N) is 1. The Morgan fingerprint density at radius 1 is 1.39 bits per heavy atom. The van der Waals surface area contributed by atoms with Crippen LogP contribution in [0, 0.1) is 5.41 Å². The molecular formula is C13H22N2O3. The maximum atomic E-state index is 12.3. The number of hydrogen-bond acceptors (Lipinski definition) is 3. The van der Waals surface area contributed by atoms with Crippen molar-refractivity contribution in [2.24, 2.45) is 11.1 Å². The van der Waals surface area contributed by atoms with Gasteiger partial charge in [-0.15, -0.1) is 6.58 Å². The van der Waals surface area contributed by atoms with Crippen LogP contribution >= 0.6 is 0 Å². The number of hydrogen-bond donors (Lipinski definition) is 3. The van der Waals surface area contributed by atoms with Crippen LogP contribution in [0.1, 0.15) is 38.5 Å². The highest BCUT2D eigenvalue weighted by atomic mass is 16.4. The van der Waals surface area contributed by atoms with Gasteiger partial charge in [0.15, 0.2) is 0 Å². The van der Waals surface area contributed by atoms with Gasteiger partial charge in [-0.2, -0.15) is 0 Å². The van der Waals surface area contributed by atoms with Crippen molar-refractivity contribution in [2.75, 3.05) is 6.54 Å². The molecule has 0 aliphatic heterocycles. The lowest BCUT2D eigenvalue weighted by Crippen LogP contribution is -2.52. The zero-order valence-electron chi connectivity index (χ0n) is 10.7. The molecule has 1 fully saturated rings.